The van der Waals surface area contributed by atoms with Crippen LogP contribution in [0.3, 0.4) is 0 Å². The quantitative estimate of drug-likeness (QED) is 0.224. The van der Waals surface area contributed by atoms with Crippen LogP contribution in [-0.2, 0) is 0 Å². The Morgan fingerprint density at radius 3 is 0.375 bits per heavy atom. The second-order valence-electron chi connectivity index (χ2n) is 9.83. The number of rotatable bonds is 16. The van der Waals surface area contributed by atoms with Gasteiger partial charge in [-0.3, -0.25) is 0 Å². The highest BCUT2D eigenvalue weighted by Gasteiger charge is 2.26. The van der Waals surface area contributed by atoms with Gasteiger partial charge in [0.15, 0.2) is 0 Å². The first-order chi connectivity index (χ1) is 15.6. The van der Waals surface area contributed by atoms with Gasteiger partial charge in [0.2, 0.25) is 0 Å². The third-order valence-electron chi connectivity index (χ3n) is 6.91. The zero-order valence-corrected chi connectivity index (χ0v) is 23.3. The third kappa shape index (κ3) is 7.50. The van der Waals surface area contributed by atoms with Gasteiger partial charge in [0.25, 0.3) is 0 Å². The predicted octanol–water partition coefficient (Wildman–Crippen LogP) is 11.6. The van der Waals surface area contributed by atoms with E-state index in [1.807, 2.05) is 0 Å². The Balaban J connectivity index is 4.24. The molecule has 32 heavy (non-hydrogen) atoms. The van der Waals surface area contributed by atoms with Crippen LogP contribution < -0.4 is 0 Å². The van der Waals surface area contributed by atoms with E-state index in [0.29, 0.717) is 0 Å². The molecule has 0 N–H and O–H groups in total. The molecule has 0 aromatic rings. The zero-order chi connectivity index (χ0) is 23.9. The fourth-order valence-corrected chi connectivity index (χ4v) is 5.87. The molecule has 0 aliphatic heterocycles. The van der Waals surface area contributed by atoms with Crippen molar-refractivity contribution < 1.29 is 0 Å². The molecule has 0 unspecified atom stereocenters. The minimum absolute atomic E-state index is 1.26. The van der Waals surface area contributed by atoms with Crippen LogP contribution in [0.5, 0.6) is 0 Å². The largest absolute Gasteiger partial charge is 0.0651 e. The van der Waals surface area contributed by atoms with Crippen LogP contribution in [0.2, 0.25) is 0 Å². The van der Waals surface area contributed by atoms with E-state index in [1.165, 1.54) is 103 Å². The molecule has 0 saturated carbocycles. The molecule has 184 valence electrons. The molecule has 0 atom stereocenters. The van der Waals surface area contributed by atoms with Gasteiger partial charge in [-0.05, 0) is 96.0 Å². The lowest BCUT2D eigenvalue weighted by Crippen LogP contribution is -2.13. The first-order valence-corrected chi connectivity index (χ1v) is 14.5. The Labute approximate surface area is 202 Å². The summed E-state index contributed by atoms with van der Waals surface area (Å²) in [5.41, 5.74) is 14.1. The van der Waals surface area contributed by atoms with Crippen molar-refractivity contribution in [2.24, 2.45) is 0 Å². The second-order valence-corrected chi connectivity index (χ2v) is 9.83. The van der Waals surface area contributed by atoms with Gasteiger partial charge < -0.3 is 0 Å². The van der Waals surface area contributed by atoms with Crippen LogP contribution in [-0.4, -0.2) is 0 Å². The first kappa shape index (κ1) is 29.0. The summed E-state index contributed by atoms with van der Waals surface area (Å²) < 4.78 is 0. The maximum atomic E-state index is 2.39. The van der Waals surface area contributed by atoms with Crippen molar-refractivity contribution in [1.82, 2.24) is 0 Å². The zero-order valence-electron chi connectivity index (χ0n) is 23.3. The van der Waals surface area contributed by atoms with Gasteiger partial charge >= 0.3 is 0 Å². The molecule has 0 nitrogen and oxygen atoms in total. The molecule has 0 aromatic carbocycles. The van der Waals surface area contributed by atoms with Crippen molar-refractivity contribution in [3.8, 4) is 0 Å². The smallest absolute Gasteiger partial charge is 0.0276 e. The lowest BCUT2D eigenvalue weighted by molar-refractivity contribution is 0.737. The van der Waals surface area contributed by atoms with Crippen molar-refractivity contribution >= 4 is 0 Å². The number of allylic oxidation sites excluding steroid dienone is 8. The van der Waals surface area contributed by atoms with Crippen LogP contribution in [0.15, 0.2) is 44.6 Å². The number of hydrogen-bond donors (Lipinski definition) is 0. The molecule has 0 amide bonds. The molecule has 0 heteroatoms. The first-order valence-electron chi connectivity index (χ1n) is 14.5. The summed E-state index contributed by atoms with van der Waals surface area (Å²) in [4.78, 5) is 0. The molecule has 0 fully saturated rings. The summed E-state index contributed by atoms with van der Waals surface area (Å²) in [6.45, 7) is 19.1. The molecular formula is C32H56. The topological polar surface area (TPSA) is 0 Å². The van der Waals surface area contributed by atoms with E-state index in [4.69, 9.17) is 0 Å². The third-order valence-corrected chi connectivity index (χ3v) is 6.91. The average molecular weight is 441 g/mol. The van der Waals surface area contributed by atoms with Gasteiger partial charge in [0, 0.05) is 0 Å². The van der Waals surface area contributed by atoms with Crippen molar-refractivity contribution in [2.45, 2.75) is 158 Å². The Morgan fingerprint density at radius 1 is 0.219 bits per heavy atom. The Morgan fingerprint density at radius 2 is 0.312 bits per heavy atom. The molecule has 0 saturated heterocycles. The van der Waals surface area contributed by atoms with Crippen molar-refractivity contribution in [1.29, 1.82) is 0 Å². The number of hydrogen-bond acceptors (Lipinski definition) is 0. The lowest BCUT2D eigenvalue weighted by Gasteiger charge is -2.32. The minimum atomic E-state index is 1.26. The molecule has 1 aliphatic rings. The monoisotopic (exact) mass is 440 g/mol. The van der Waals surface area contributed by atoms with E-state index < -0.39 is 0 Å². The second kappa shape index (κ2) is 16.6. The van der Waals surface area contributed by atoms with Gasteiger partial charge in [-0.1, -0.05) is 107 Å². The highest BCUT2D eigenvalue weighted by atomic mass is 14.3. The molecule has 0 radical (unpaired) electrons. The van der Waals surface area contributed by atoms with E-state index >= 15 is 0 Å². The van der Waals surface area contributed by atoms with Crippen LogP contribution in [0.1, 0.15) is 158 Å². The van der Waals surface area contributed by atoms with Gasteiger partial charge in [-0.25, -0.2) is 0 Å². The molecule has 0 spiro atoms. The average Bonchev–Trinajstić information content (AvgIpc) is 2.78. The van der Waals surface area contributed by atoms with Crippen LogP contribution in [0.4, 0.5) is 0 Å². The van der Waals surface area contributed by atoms with Crippen molar-refractivity contribution in [2.75, 3.05) is 0 Å². The van der Waals surface area contributed by atoms with E-state index in [2.05, 4.69) is 55.4 Å². The van der Waals surface area contributed by atoms with Crippen LogP contribution in [0.25, 0.3) is 0 Å². The maximum Gasteiger partial charge on any atom is -0.0276 e. The summed E-state index contributed by atoms with van der Waals surface area (Å²) in [5.74, 6) is 0. The highest BCUT2D eigenvalue weighted by molar-refractivity contribution is 5.60. The molecule has 0 bridgehead atoms. The highest BCUT2D eigenvalue weighted by Crippen LogP contribution is 2.45. The lowest BCUT2D eigenvalue weighted by atomic mass is 9.73. The maximum absolute atomic E-state index is 2.39. The fraction of sp³-hybridized carbons (Fsp3) is 0.750. The Kier molecular flexibility index (Phi) is 15.0. The van der Waals surface area contributed by atoms with E-state index in [1.54, 1.807) is 44.6 Å². The summed E-state index contributed by atoms with van der Waals surface area (Å²) in [5, 5.41) is 0. The SMILES string of the molecule is CCCC1=C(CCC)C(CCC)=C(CCC)C(CCC)=C(CCC)C(CCC)=C1CCC. The van der Waals surface area contributed by atoms with Gasteiger partial charge in [-0.2, -0.15) is 0 Å². The summed E-state index contributed by atoms with van der Waals surface area (Å²) >= 11 is 0. The summed E-state index contributed by atoms with van der Waals surface area (Å²) in [6.07, 6.45) is 20.1. The van der Waals surface area contributed by atoms with Gasteiger partial charge in [0.1, 0.15) is 0 Å². The van der Waals surface area contributed by atoms with Gasteiger partial charge in [-0.15, -0.1) is 0 Å². The predicted molar refractivity (Wildman–Crippen MR) is 147 cm³/mol. The van der Waals surface area contributed by atoms with Gasteiger partial charge in [0.05, 0.1) is 0 Å². The van der Waals surface area contributed by atoms with E-state index in [0.717, 1.165) is 0 Å². The fourth-order valence-electron chi connectivity index (χ4n) is 5.87. The van der Waals surface area contributed by atoms with Crippen molar-refractivity contribution in [3.63, 3.8) is 0 Å². The Hall–Kier alpha value is -1.04. The summed E-state index contributed by atoms with van der Waals surface area (Å²) in [6, 6.07) is 0. The van der Waals surface area contributed by atoms with Crippen LogP contribution in [0, 0.1) is 0 Å². The standard InChI is InChI=1S/C32H56/c1-9-17-25-26(18-10-2)28(20-12-4)30(22-14-6)32(24-16-8)31(23-15-7)29(21-13-5)27(25)19-11-3/h9-24H2,1-8H3. The minimum Gasteiger partial charge on any atom is -0.0651 e. The van der Waals surface area contributed by atoms with Crippen molar-refractivity contribution in [3.05, 3.63) is 44.6 Å². The molecule has 1 aliphatic carbocycles. The molecular weight excluding hydrogens is 384 g/mol. The summed E-state index contributed by atoms with van der Waals surface area (Å²) in [7, 11) is 0. The van der Waals surface area contributed by atoms with E-state index in [-0.39, 0.29) is 0 Å². The normalized spacial score (nSPS) is 15.8. The van der Waals surface area contributed by atoms with E-state index in [9.17, 15) is 0 Å². The molecule has 0 aromatic heterocycles. The Bertz CT molecular complexity index is 479. The van der Waals surface area contributed by atoms with Crippen LogP contribution >= 0.6 is 0 Å². The molecule has 0 heterocycles. The molecule has 1 rings (SSSR count).